The van der Waals surface area contributed by atoms with Crippen molar-refractivity contribution in [1.82, 2.24) is 5.32 Å². The number of amides is 1. The van der Waals surface area contributed by atoms with Crippen LogP contribution in [0.1, 0.15) is 25.0 Å². The molecule has 0 aliphatic rings. The lowest BCUT2D eigenvalue weighted by Gasteiger charge is -2.24. The number of aliphatic hydroxyl groups is 1. The van der Waals surface area contributed by atoms with E-state index in [4.69, 9.17) is 0 Å². The summed E-state index contributed by atoms with van der Waals surface area (Å²) in [4.78, 5) is 12.2. The zero-order valence-electron chi connectivity index (χ0n) is 13.2. The number of carbonyl (C=O) groups excluding carboxylic acids is 1. The quantitative estimate of drug-likeness (QED) is 0.781. The van der Waals surface area contributed by atoms with Gasteiger partial charge in [0, 0.05) is 10.0 Å². The Morgan fingerprint density at radius 3 is 2.39 bits per heavy atom. The molecule has 2 rings (SSSR count). The molecule has 0 spiro atoms. The second kappa shape index (κ2) is 7.57. The second-order valence-corrected chi connectivity index (χ2v) is 6.62. The van der Waals surface area contributed by atoms with E-state index in [0.29, 0.717) is 5.57 Å². The monoisotopic (exact) mass is 373 g/mol. The van der Waals surface area contributed by atoms with Gasteiger partial charge in [-0.1, -0.05) is 58.4 Å². The van der Waals surface area contributed by atoms with Crippen molar-refractivity contribution < 1.29 is 9.90 Å². The van der Waals surface area contributed by atoms with Crippen molar-refractivity contribution in [2.75, 3.05) is 6.54 Å². The molecule has 1 atom stereocenters. The molecule has 0 saturated heterocycles. The molecule has 0 fully saturated rings. The van der Waals surface area contributed by atoms with Gasteiger partial charge in [0.05, 0.1) is 6.54 Å². The van der Waals surface area contributed by atoms with Crippen LogP contribution >= 0.6 is 15.9 Å². The number of benzene rings is 2. The molecule has 0 bridgehead atoms. The maximum Gasteiger partial charge on any atom is 0.247 e. The Morgan fingerprint density at radius 1 is 1.17 bits per heavy atom. The number of hydrogen-bond donors (Lipinski definition) is 2. The highest BCUT2D eigenvalue weighted by Crippen LogP contribution is 2.22. The van der Waals surface area contributed by atoms with Crippen LogP contribution in [0, 0.1) is 0 Å². The summed E-state index contributed by atoms with van der Waals surface area (Å²) in [6, 6.07) is 17.1. The molecule has 4 heteroatoms. The standard InChI is InChI=1S/C19H20BrNO2/c1-14(12-15-6-4-3-5-7-15)18(22)21-13-19(2,23)16-8-10-17(20)11-9-16/h3-12,23H,13H2,1-2H3,(H,21,22)/b14-12+. The maximum absolute atomic E-state index is 12.2. The SMILES string of the molecule is C/C(=C\c1ccccc1)C(=O)NCC(C)(O)c1ccc(Br)cc1. The zero-order valence-corrected chi connectivity index (χ0v) is 14.8. The lowest BCUT2D eigenvalue weighted by molar-refractivity contribution is -0.118. The fourth-order valence-electron chi connectivity index (χ4n) is 2.17. The topological polar surface area (TPSA) is 49.3 Å². The fourth-order valence-corrected chi connectivity index (χ4v) is 2.43. The molecule has 1 unspecified atom stereocenters. The Bertz CT molecular complexity index is 691. The van der Waals surface area contributed by atoms with Crippen molar-refractivity contribution in [3.05, 3.63) is 75.8 Å². The third kappa shape index (κ3) is 5.05. The molecule has 0 radical (unpaired) electrons. The summed E-state index contributed by atoms with van der Waals surface area (Å²) in [7, 11) is 0. The lowest BCUT2D eigenvalue weighted by Crippen LogP contribution is -2.38. The minimum absolute atomic E-state index is 0.146. The van der Waals surface area contributed by atoms with E-state index in [0.717, 1.165) is 15.6 Å². The van der Waals surface area contributed by atoms with Crippen LogP contribution < -0.4 is 5.32 Å². The van der Waals surface area contributed by atoms with E-state index in [1.807, 2.05) is 60.7 Å². The van der Waals surface area contributed by atoms with E-state index in [9.17, 15) is 9.90 Å². The first kappa shape index (κ1) is 17.4. The Hall–Kier alpha value is -1.91. The van der Waals surface area contributed by atoms with Gasteiger partial charge in [0.1, 0.15) is 5.60 Å². The van der Waals surface area contributed by atoms with Crippen LogP contribution in [0.15, 0.2) is 64.6 Å². The van der Waals surface area contributed by atoms with Crippen LogP contribution in [0.4, 0.5) is 0 Å². The van der Waals surface area contributed by atoms with Gasteiger partial charge in [0.15, 0.2) is 0 Å². The highest BCUT2D eigenvalue weighted by atomic mass is 79.9. The van der Waals surface area contributed by atoms with Crippen LogP contribution in [-0.2, 0) is 10.4 Å². The van der Waals surface area contributed by atoms with Gasteiger partial charge in [-0.3, -0.25) is 4.79 Å². The third-order valence-electron chi connectivity index (χ3n) is 3.60. The Kier molecular flexibility index (Phi) is 5.74. The summed E-state index contributed by atoms with van der Waals surface area (Å²) >= 11 is 3.37. The molecule has 0 aliphatic heterocycles. The first-order chi connectivity index (χ1) is 10.9. The van der Waals surface area contributed by atoms with Gasteiger partial charge in [0.25, 0.3) is 0 Å². The highest BCUT2D eigenvalue weighted by Gasteiger charge is 2.23. The van der Waals surface area contributed by atoms with Crippen LogP contribution in [0.3, 0.4) is 0 Å². The fraction of sp³-hybridized carbons (Fsp3) is 0.211. The molecular formula is C19H20BrNO2. The normalized spacial score (nSPS) is 14.2. The van der Waals surface area contributed by atoms with Crippen LogP contribution in [0.5, 0.6) is 0 Å². The third-order valence-corrected chi connectivity index (χ3v) is 4.13. The largest absolute Gasteiger partial charge is 0.384 e. The Labute approximate surface area is 145 Å². The van der Waals surface area contributed by atoms with Crippen molar-refractivity contribution in [2.45, 2.75) is 19.4 Å². The molecule has 3 nitrogen and oxygen atoms in total. The van der Waals surface area contributed by atoms with Crippen molar-refractivity contribution >= 4 is 27.9 Å². The number of carbonyl (C=O) groups is 1. The average Bonchev–Trinajstić information content (AvgIpc) is 2.54. The summed E-state index contributed by atoms with van der Waals surface area (Å²) < 4.78 is 0.947. The molecule has 0 heterocycles. The Balaban J connectivity index is 2.00. The minimum atomic E-state index is -1.12. The van der Waals surface area contributed by atoms with E-state index in [-0.39, 0.29) is 12.5 Å². The van der Waals surface area contributed by atoms with E-state index in [1.54, 1.807) is 13.8 Å². The summed E-state index contributed by atoms with van der Waals surface area (Å²) in [5.41, 5.74) is 1.21. The van der Waals surface area contributed by atoms with Crippen molar-refractivity contribution in [3.8, 4) is 0 Å². The highest BCUT2D eigenvalue weighted by molar-refractivity contribution is 9.10. The predicted molar refractivity (Wildman–Crippen MR) is 96.8 cm³/mol. The molecule has 0 aliphatic carbocycles. The van der Waals surface area contributed by atoms with Crippen LogP contribution in [0.25, 0.3) is 6.08 Å². The van der Waals surface area contributed by atoms with Gasteiger partial charge in [-0.25, -0.2) is 0 Å². The van der Waals surface area contributed by atoms with Gasteiger partial charge < -0.3 is 10.4 Å². The summed E-state index contributed by atoms with van der Waals surface area (Å²) in [5.74, 6) is -0.189. The Morgan fingerprint density at radius 2 is 1.78 bits per heavy atom. The molecule has 2 N–H and O–H groups in total. The second-order valence-electron chi connectivity index (χ2n) is 5.70. The molecule has 2 aromatic carbocycles. The first-order valence-corrected chi connectivity index (χ1v) is 8.18. The number of rotatable bonds is 5. The maximum atomic E-state index is 12.2. The smallest absolute Gasteiger partial charge is 0.247 e. The number of halogens is 1. The predicted octanol–water partition coefficient (Wildman–Crippen LogP) is 3.88. The zero-order chi connectivity index (χ0) is 16.9. The summed E-state index contributed by atoms with van der Waals surface area (Å²) in [6.07, 6.45) is 1.82. The molecule has 0 saturated carbocycles. The van der Waals surface area contributed by atoms with E-state index >= 15 is 0 Å². The average molecular weight is 374 g/mol. The molecule has 120 valence electrons. The van der Waals surface area contributed by atoms with Crippen molar-refractivity contribution in [3.63, 3.8) is 0 Å². The van der Waals surface area contributed by atoms with Gasteiger partial charge in [-0.05, 0) is 43.2 Å². The van der Waals surface area contributed by atoms with E-state index < -0.39 is 5.60 Å². The van der Waals surface area contributed by atoms with E-state index in [2.05, 4.69) is 21.2 Å². The lowest BCUT2D eigenvalue weighted by atomic mass is 9.96. The van der Waals surface area contributed by atoms with Crippen LogP contribution in [0.2, 0.25) is 0 Å². The molecule has 2 aromatic rings. The molecular weight excluding hydrogens is 354 g/mol. The van der Waals surface area contributed by atoms with Gasteiger partial charge in [0.2, 0.25) is 5.91 Å². The van der Waals surface area contributed by atoms with Gasteiger partial charge in [-0.15, -0.1) is 0 Å². The van der Waals surface area contributed by atoms with Crippen LogP contribution in [-0.4, -0.2) is 17.6 Å². The van der Waals surface area contributed by atoms with Gasteiger partial charge >= 0.3 is 0 Å². The molecule has 1 amide bonds. The van der Waals surface area contributed by atoms with Crippen molar-refractivity contribution in [2.24, 2.45) is 0 Å². The molecule has 0 aromatic heterocycles. The summed E-state index contributed by atoms with van der Waals surface area (Å²) in [5, 5.41) is 13.3. The first-order valence-electron chi connectivity index (χ1n) is 7.38. The van der Waals surface area contributed by atoms with Crippen molar-refractivity contribution in [1.29, 1.82) is 0 Å². The molecule has 23 heavy (non-hydrogen) atoms. The summed E-state index contributed by atoms with van der Waals surface area (Å²) in [6.45, 7) is 3.59. The number of nitrogens with one attached hydrogen (secondary N) is 1. The minimum Gasteiger partial charge on any atom is -0.384 e. The van der Waals surface area contributed by atoms with Gasteiger partial charge in [-0.2, -0.15) is 0 Å². The number of hydrogen-bond acceptors (Lipinski definition) is 2. The van der Waals surface area contributed by atoms with E-state index in [1.165, 1.54) is 0 Å².